The smallest absolute Gasteiger partial charge is 0.0991 e. The van der Waals surface area contributed by atoms with Gasteiger partial charge in [-0.15, -0.1) is 0 Å². The third-order valence-electron chi connectivity index (χ3n) is 9.36. The van der Waals surface area contributed by atoms with Crippen molar-refractivity contribution >= 4 is 21.8 Å². The highest BCUT2D eigenvalue weighted by Gasteiger charge is 2.19. The van der Waals surface area contributed by atoms with Crippen molar-refractivity contribution in [2.24, 2.45) is 0 Å². The minimum Gasteiger partial charge on any atom is -0.372 e. The number of hydrogen-bond acceptors (Lipinski definition) is 3. The Balaban J connectivity index is 1.18. The highest BCUT2D eigenvalue weighted by molar-refractivity contribution is 6.09. The largest absolute Gasteiger partial charge is 0.372 e. The molecule has 48 heavy (non-hydrogen) atoms. The van der Waals surface area contributed by atoms with Crippen LogP contribution in [0.4, 0.5) is 0 Å². The van der Waals surface area contributed by atoms with Crippen LogP contribution in [0.1, 0.15) is 16.7 Å². The maximum atomic E-state index is 9.58. The standard InChI is InChI=1S/C44H29N3O/c45-26-29-15-20-44-40(21-29)38-13-7-8-14-43(38)47(44)36-18-19-37-35(22-36)28-48-27-33-17-16-32(23-39(33)37)34-24-41(30-9-3-1-4-10-30)46-42(25-34)31-11-5-2-6-12-31/h1-25H,27-28H2. The summed E-state index contributed by atoms with van der Waals surface area (Å²) in [5.74, 6) is 0. The number of hydrogen-bond donors (Lipinski definition) is 0. The molecule has 1 aliphatic heterocycles. The van der Waals surface area contributed by atoms with Crippen LogP contribution >= 0.6 is 0 Å². The summed E-state index contributed by atoms with van der Waals surface area (Å²) < 4.78 is 8.56. The summed E-state index contributed by atoms with van der Waals surface area (Å²) in [6.45, 7) is 1.07. The highest BCUT2D eigenvalue weighted by Crippen LogP contribution is 2.39. The third kappa shape index (κ3) is 4.77. The van der Waals surface area contributed by atoms with Crippen molar-refractivity contribution in [1.82, 2.24) is 9.55 Å². The van der Waals surface area contributed by atoms with Crippen molar-refractivity contribution in [3.63, 3.8) is 0 Å². The zero-order chi connectivity index (χ0) is 32.0. The van der Waals surface area contributed by atoms with Crippen LogP contribution in [0.2, 0.25) is 0 Å². The van der Waals surface area contributed by atoms with Crippen LogP contribution in [-0.2, 0) is 18.0 Å². The number of ether oxygens (including phenoxy) is 1. The van der Waals surface area contributed by atoms with E-state index in [4.69, 9.17) is 9.72 Å². The Bertz CT molecular complexity index is 2480. The molecule has 0 bridgehead atoms. The number of fused-ring (bicyclic) bond motifs is 6. The van der Waals surface area contributed by atoms with E-state index in [0.29, 0.717) is 18.8 Å². The molecule has 3 heterocycles. The second kappa shape index (κ2) is 11.5. The molecule has 0 atom stereocenters. The molecule has 6 aromatic carbocycles. The van der Waals surface area contributed by atoms with Crippen molar-refractivity contribution < 1.29 is 4.74 Å². The first-order valence-electron chi connectivity index (χ1n) is 16.1. The molecule has 0 saturated carbocycles. The van der Waals surface area contributed by atoms with E-state index < -0.39 is 0 Å². The predicted octanol–water partition coefficient (Wildman–Crippen LogP) is 10.7. The summed E-state index contributed by atoms with van der Waals surface area (Å²) >= 11 is 0. The van der Waals surface area contributed by atoms with Crippen LogP contribution < -0.4 is 0 Å². The van der Waals surface area contributed by atoms with E-state index in [-0.39, 0.29) is 0 Å². The Hall–Kier alpha value is -6.28. The average Bonchev–Trinajstić information content (AvgIpc) is 3.37. The topological polar surface area (TPSA) is 50.8 Å². The van der Waals surface area contributed by atoms with E-state index in [0.717, 1.165) is 66.7 Å². The summed E-state index contributed by atoms with van der Waals surface area (Å²) in [5, 5.41) is 11.8. The van der Waals surface area contributed by atoms with Gasteiger partial charge in [-0.3, -0.25) is 0 Å². The van der Waals surface area contributed by atoms with E-state index in [1.807, 2.05) is 24.3 Å². The van der Waals surface area contributed by atoms with E-state index in [2.05, 4.69) is 138 Å². The Morgan fingerprint density at radius 2 is 1.21 bits per heavy atom. The summed E-state index contributed by atoms with van der Waals surface area (Å²) in [6.07, 6.45) is 0. The first-order valence-corrected chi connectivity index (χ1v) is 16.1. The molecule has 0 fully saturated rings. The average molecular weight is 616 g/mol. The van der Waals surface area contributed by atoms with E-state index >= 15 is 0 Å². The molecule has 1 aliphatic rings. The quantitative estimate of drug-likeness (QED) is 0.198. The monoisotopic (exact) mass is 615 g/mol. The third-order valence-corrected chi connectivity index (χ3v) is 9.36. The molecule has 9 rings (SSSR count). The molecule has 226 valence electrons. The lowest BCUT2D eigenvalue weighted by atomic mass is 9.92. The van der Waals surface area contributed by atoms with E-state index in [1.54, 1.807) is 0 Å². The van der Waals surface area contributed by atoms with Crippen LogP contribution in [0, 0.1) is 11.3 Å². The molecule has 4 nitrogen and oxygen atoms in total. The van der Waals surface area contributed by atoms with Crippen molar-refractivity contribution in [2.75, 3.05) is 0 Å². The maximum Gasteiger partial charge on any atom is 0.0991 e. The van der Waals surface area contributed by atoms with Gasteiger partial charge in [0, 0.05) is 27.6 Å². The first kappa shape index (κ1) is 28.0. The number of pyridine rings is 1. The highest BCUT2D eigenvalue weighted by atomic mass is 16.5. The van der Waals surface area contributed by atoms with Gasteiger partial charge in [0.15, 0.2) is 0 Å². The number of rotatable bonds is 4. The number of nitrogens with zero attached hydrogens (tertiary/aromatic N) is 3. The van der Waals surface area contributed by atoms with E-state index in [1.165, 1.54) is 16.7 Å². The number of benzene rings is 6. The predicted molar refractivity (Wildman–Crippen MR) is 194 cm³/mol. The summed E-state index contributed by atoms with van der Waals surface area (Å²) in [7, 11) is 0. The van der Waals surface area contributed by atoms with Gasteiger partial charge in [0.25, 0.3) is 0 Å². The second-order valence-electron chi connectivity index (χ2n) is 12.3. The van der Waals surface area contributed by atoms with Gasteiger partial charge in [-0.2, -0.15) is 5.26 Å². The lowest BCUT2D eigenvalue weighted by Crippen LogP contribution is -1.98. The van der Waals surface area contributed by atoms with Gasteiger partial charge >= 0.3 is 0 Å². The molecule has 4 heteroatoms. The molecule has 0 unspecified atom stereocenters. The second-order valence-corrected chi connectivity index (χ2v) is 12.3. The van der Waals surface area contributed by atoms with Crippen molar-refractivity contribution in [1.29, 1.82) is 5.26 Å². The molecule has 0 saturated heterocycles. The van der Waals surface area contributed by atoms with Gasteiger partial charge in [0.05, 0.1) is 47.3 Å². The Kier molecular flexibility index (Phi) is 6.71. The van der Waals surface area contributed by atoms with Crippen molar-refractivity contribution in [3.05, 3.63) is 168 Å². The van der Waals surface area contributed by atoms with Gasteiger partial charge in [0.2, 0.25) is 0 Å². The van der Waals surface area contributed by atoms with Gasteiger partial charge in [0.1, 0.15) is 0 Å². The molecular weight excluding hydrogens is 587 g/mol. The zero-order valence-corrected chi connectivity index (χ0v) is 26.1. The fourth-order valence-electron chi connectivity index (χ4n) is 7.04. The molecular formula is C44H29N3O. The fourth-order valence-corrected chi connectivity index (χ4v) is 7.04. The molecule has 0 radical (unpaired) electrons. The summed E-state index contributed by atoms with van der Waals surface area (Å²) in [4.78, 5) is 5.09. The summed E-state index contributed by atoms with van der Waals surface area (Å²) in [5.41, 5.74) is 14.9. The molecule has 8 aromatic rings. The van der Waals surface area contributed by atoms with Crippen LogP contribution in [-0.4, -0.2) is 9.55 Å². The van der Waals surface area contributed by atoms with Crippen LogP contribution in [0.15, 0.2) is 152 Å². The van der Waals surface area contributed by atoms with Crippen molar-refractivity contribution in [3.8, 4) is 56.5 Å². The number of aromatic nitrogens is 2. The molecule has 0 amide bonds. The lowest BCUT2D eigenvalue weighted by molar-refractivity contribution is 0.110. The van der Waals surface area contributed by atoms with E-state index in [9.17, 15) is 5.26 Å². The molecule has 2 aromatic heterocycles. The fraction of sp³-hybridized carbons (Fsp3) is 0.0455. The minimum absolute atomic E-state index is 0.522. The summed E-state index contributed by atoms with van der Waals surface area (Å²) in [6, 6.07) is 55.2. The molecule has 0 N–H and O–H groups in total. The van der Waals surface area contributed by atoms with Crippen LogP contribution in [0.25, 0.3) is 72.3 Å². The Morgan fingerprint density at radius 3 is 1.96 bits per heavy atom. The van der Waals surface area contributed by atoms with Crippen molar-refractivity contribution in [2.45, 2.75) is 13.2 Å². The zero-order valence-electron chi connectivity index (χ0n) is 26.1. The molecule has 0 spiro atoms. The Labute approximate surface area is 278 Å². The SMILES string of the molecule is N#Cc1ccc2c(c1)c1ccccc1n2-c1ccc2c(c1)COCc1ccc(-c3cc(-c4ccccc4)nc(-c4ccccc4)c3)cc1-2. The van der Waals surface area contributed by atoms with Crippen LogP contribution in [0.5, 0.6) is 0 Å². The maximum absolute atomic E-state index is 9.58. The van der Waals surface area contributed by atoms with Gasteiger partial charge in [-0.1, -0.05) is 97.1 Å². The first-order chi connectivity index (χ1) is 23.7. The lowest BCUT2D eigenvalue weighted by Gasteiger charge is -2.15. The molecule has 0 aliphatic carbocycles. The number of para-hydroxylation sites is 1. The van der Waals surface area contributed by atoms with Crippen LogP contribution in [0.3, 0.4) is 0 Å². The normalized spacial score (nSPS) is 12.3. The number of nitriles is 1. The minimum atomic E-state index is 0.522. The van der Waals surface area contributed by atoms with Gasteiger partial charge in [-0.05, 0) is 88.0 Å². The van der Waals surface area contributed by atoms with Gasteiger partial charge in [-0.25, -0.2) is 4.98 Å². The Morgan fingerprint density at radius 1 is 0.521 bits per heavy atom. The van der Waals surface area contributed by atoms with Gasteiger partial charge < -0.3 is 9.30 Å².